The first-order valence-electron chi connectivity index (χ1n) is 5.77. The van der Waals surface area contributed by atoms with Crippen molar-refractivity contribution >= 4 is 21.8 Å². The van der Waals surface area contributed by atoms with Crippen LogP contribution in [0.15, 0.2) is 21.4 Å². The van der Waals surface area contributed by atoms with Crippen molar-refractivity contribution in [3.8, 4) is 0 Å². The van der Waals surface area contributed by atoms with E-state index in [0.29, 0.717) is 22.8 Å². The van der Waals surface area contributed by atoms with Gasteiger partial charge in [0.25, 0.3) is 5.91 Å². The highest BCUT2D eigenvalue weighted by Gasteiger charge is 2.32. The van der Waals surface area contributed by atoms with Crippen LogP contribution in [0, 0.1) is 5.92 Å². The Kier molecular flexibility index (Phi) is 3.89. The Morgan fingerprint density at radius 2 is 2.35 bits per heavy atom. The SMILES string of the molecule is CN(C)C(CNC(=O)c1ccoc1Br)C1CC1. The van der Waals surface area contributed by atoms with Crippen molar-refractivity contribution in [3.63, 3.8) is 0 Å². The molecule has 5 heteroatoms. The van der Waals surface area contributed by atoms with E-state index in [9.17, 15) is 4.79 Å². The molecule has 1 fully saturated rings. The van der Waals surface area contributed by atoms with Crippen LogP contribution in [-0.4, -0.2) is 37.5 Å². The van der Waals surface area contributed by atoms with Crippen LogP contribution in [0.3, 0.4) is 0 Å². The zero-order valence-corrected chi connectivity index (χ0v) is 11.7. The highest BCUT2D eigenvalue weighted by Crippen LogP contribution is 2.34. The fourth-order valence-corrected chi connectivity index (χ4v) is 2.42. The highest BCUT2D eigenvalue weighted by molar-refractivity contribution is 9.10. The molecular formula is C12H17BrN2O2. The number of hydrogen-bond acceptors (Lipinski definition) is 3. The number of hydrogen-bond donors (Lipinski definition) is 1. The summed E-state index contributed by atoms with van der Waals surface area (Å²) < 4.78 is 5.53. The predicted octanol–water partition coefficient (Wildman–Crippen LogP) is 2.11. The van der Waals surface area contributed by atoms with Gasteiger partial charge in [0, 0.05) is 12.6 Å². The first-order chi connectivity index (χ1) is 8.09. The van der Waals surface area contributed by atoms with Crippen LogP contribution in [0.25, 0.3) is 0 Å². The second-order valence-electron chi connectivity index (χ2n) is 4.69. The first-order valence-corrected chi connectivity index (χ1v) is 6.56. The fraction of sp³-hybridized carbons (Fsp3) is 0.583. The van der Waals surface area contributed by atoms with E-state index in [4.69, 9.17) is 4.42 Å². The van der Waals surface area contributed by atoms with E-state index < -0.39 is 0 Å². The van der Waals surface area contributed by atoms with E-state index in [2.05, 4.69) is 40.2 Å². The summed E-state index contributed by atoms with van der Waals surface area (Å²) in [6.45, 7) is 0.689. The Bertz CT molecular complexity index is 397. The molecule has 1 unspecified atom stereocenters. The minimum Gasteiger partial charge on any atom is -0.457 e. The highest BCUT2D eigenvalue weighted by atomic mass is 79.9. The monoisotopic (exact) mass is 300 g/mol. The van der Waals surface area contributed by atoms with Crippen LogP contribution in [-0.2, 0) is 0 Å². The Hall–Kier alpha value is -0.810. The summed E-state index contributed by atoms with van der Waals surface area (Å²) in [5.41, 5.74) is 0.554. The second kappa shape index (κ2) is 5.23. The molecule has 1 saturated carbocycles. The molecule has 0 aliphatic heterocycles. The van der Waals surface area contributed by atoms with Crippen molar-refractivity contribution in [2.24, 2.45) is 5.92 Å². The van der Waals surface area contributed by atoms with Crippen LogP contribution in [0.4, 0.5) is 0 Å². The maximum atomic E-state index is 11.9. The molecule has 1 N–H and O–H groups in total. The second-order valence-corrected chi connectivity index (χ2v) is 5.41. The van der Waals surface area contributed by atoms with Crippen LogP contribution in [0.1, 0.15) is 23.2 Å². The van der Waals surface area contributed by atoms with Gasteiger partial charge in [-0.05, 0) is 54.9 Å². The van der Waals surface area contributed by atoms with Gasteiger partial charge in [0.2, 0.25) is 0 Å². The van der Waals surface area contributed by atoms with Gasteiger partial charge in [-0.15, -0.1) is 0 Å². The fourth-order valence-electron chi connectivity index (χ4n) is 2.00. The summed E-state index contributed by atoms with van der Waals surface area (Å²) in [7, 11) is 4.12. The summed E-state index contributed by atoms with van der Waals surface area (Å²) in [6, 6.07) is 2.10. The average Bonchev–Trinajstić information content (AvgIpc) is 3.00. The lowest BCUT2D eigenvalue weighted by atomic mass is 10.1. The molecule has 17 heavy (non-hydrogen) atoms. The molecule has 1 aliphatic carbocycles. The Labute approximate surface area is 109 Å². The lowest BCUT2D eigenvalue weighted by molar-refractivity contribution is 0.0937. The van der Waals surface area contributed by atoms with Crippen LogP contribution in [0.5, 0.6) is 0 Å². The van der Waals surface area contributed by atoms with Crippen molar-refractivity contribution in [2.75, 3.05) is 20.6 Å². The lowest BCUT2D eigenvalue weighted by Gasteiger charge is -2.24. The van der Waals surface area contributed by atoms with Crippen molar-refractivity contribution in [1.29, 1.82) is 0 Å². The first kappa shape index (κ1) is 12.6. The summed E-state index contributed by atoms with van der Waals surface area (Å²) in [4.78, 5) is 14.1. The molecule has 0 saturated heterocycles. The molecule has 0 radical (unpaired) electrons. The predicted molar refractivity (Wildman–Crippen MR) is 68.9 cm³/mol. The molecule has 4 nitrogen and oxygen atoms in total. The van der Waals surface area contributed by atoms with Gasteiger partial charge in [-0.2, -0.15) is 0 Å². The third-order valence-corrected chi connectivity index (χ3v) is 3.78. The van der Waals surface area contributed by atoms with Gasteiger partial charge < -0.3 is 14.6 Å². The molecule has 0 bridgehead atoms. The van der Waals surface area contributed by atoms with E-state index in [-0.39, 0.29) is 5.91 Å². The van der Waals surface area contributed by atoms with E-state index in [1.807, 2.05) is 0 Å². The van der Waals surface area contributed by atoms with Crippen molar-refractivity contribution in [2.45, 2.75) is 18.9 Å². The van der Waals surface area contributed by atoms with Gasteiger partial charge in [-0.25, -0.2) is 0 Å². The van der Waals surface area contributed by atoms with E-state index >= 15 is 0 Å². The zero-order valence-electron chi connectivity index (χ0n) is 10.1. The molecule has 1 aromatic rings. The average molecular weight is 301 g/mol. The lowest BCUT2D eigenvalue weighted by Crippen LogP contribution is -2.41. The molecule has 1 aliphatic rings. The summed E-state index contributed by atoms with van der Waals surface area (Å²) >= 11 is 3.21. The molecule has 1 amide bonds. The molecule has 94 valence electrons. The molecule has 2 rings (SSSR count). The molecule has 1 aromatic heterocycles. The van der Waals surface area contributed by atoms with Crippen LogP contribution < -0.4 is 5.32 Å². The van der Waals surface area contributed by atoms with Crippen molar-refractivity contribution in [3.05, 3.63) is 22.6 Å². The number of amides is 1. The summed E-state index contributed by atoms with van der Waals surface area (Å²) in [5.74, 6) is 0.649. The molecular weight excluding hydrogens is 284 g/mol. The number of furan rings is 1. The number of halogens is 1. The largest absolute Gasteiger partial charge is 0.457 e. The maximum Gasteiger partial charge on any atom is 0.255 e. The van der Waals surface area contributed by atoms with Crippen molar-refractivity contribution in [1.82, 2.24) is 10.2 Å². The van der Waals surface area contributed by atoms with E-state index in [0.717, 1.165) is 5.92 Å². The van der Waals surface area contributed by atoms with Gasteiger partial charge in [0.15, 0.2) is 4.67 Å². The molecule has 1 heterocycles. The van der Waals surface area contributed by atoms with Crippen LogP contribution >= 0.6 is 15.9 Å². The third-order valence-electron chi connectivity index (χ3n) is 3.16. The van der Waals surface area contributed by atoms with Crippen LogP contribution in [0.2, 0.25) is 0 Å². The number of nitrogens with one attached hydrogen (secondary N) is 1. The number of likely N-dealkylation sites (N-methyl/N-ethyl adjacent to an activating group) is 1. The molecule has 0 spiro atoms. The number of carbonyl (C=O) groups is 1. The minimum atomic E-state index is -0.0851. The molecule has 1 atom stereocenters. The third kappa shape index (κ3) is 3.10. The zero-order chi connectivity index (χ0) is 12.4. The molecule has 0 aromatic carbocycles. The van der Waals surface area contributed by atoms with Gasteiger partial charge in [0.1, 0.15) is 0 Å². The quantitative estimate of drug-likeness (QED) is 0.906. The summed E-state index contributed by atoms with van der Waals surface area (Å²) in [5, 5.41) is 2.96. The smallest absolute Gasteiger partial charge is 0.255 e. The topological polar surface area (TPSA) is 45.5 Å². The van der Waals surface area contributed by atoms with Gasteiger partial charge >= 0.3 is 0 Å². The standard InChI is InChI=1S/C12H17BrN2O2/c1-15(2)10(8-3-4-8)7-14-12(16)9-5-6-17-11(9)13/h5-6,8,10H,3-4,7H2,1-2H3,(H,14,16). The number of carbonyl (C=O) groups excluding carboxylic acids is 1. The number of rotatable bonds is 5. The minimum absolute atomic E-state index is 0.0851. The summed E-state index contributed by atoms with van der Waals surface area (Å²) in [6.07, 6.45) is 4.05. The van der Waals surface area contributed by atoms with Gasteiger partial charge in [-0.1, -0.05) is 0 Å². The van der Waals surface area contributed by atoms with E-state index in [1.165, 1.54) is 19.1 Å². The Balaban J connectivity index is 1.89. The number of nitrogens with zero attached hydrogens (tertiary/aromatic N) is 1. The van der Waals surface area contributed by atoms with Gasteiger partial charge in [-0.3, -0.25) is 4.79 Å². The van der Waals surface area contributed by atoms with E-state index in [1.54, 1.807) is 6.07 Å². The Morgan fingerprint density at radius 1 is 1.65 bits per heavy atom. The Morgan fingerprint density at radius 3 is 2.82 bits per heavy atom. The maximum absolute atomic E-state index is 11.9. The normalized spacial score (nSPS) is 17.2. The van der Waals surface area contributed by atoms with Crippen molar-refractivity contribution < 1.29 is 9.21 Å². The van der Waals surface area contributed by atoms with Gasteiger partial charge in [0.05, 0.1) is 11.8 Å².